The van der Waals surface area contributed by atoms with E-state index in [1.54, 1.807) is 0 Å². The molecule has 1 aliphatic carbocycles. The molecule has 0 spiro atoms. The molecular weight excluding hydrogens is 591 g/mol. The van der Waals surface area contributed by atoms with Gasteiger partial charge in [0.2, 0.25) is 0 Å². The summed E-state index contributed by atoms with van der Waals surface area (Å²) in [7, 11) is 0. The van der Waals surface area contributed by atoms with E-state index in [-0.39, 0.29) is 5.41 Å². The van der Waals surface area contributed by atoms with Crippen LogP contribution in [0, 0.1) is 0 Å². The van der Waals surface area contributed by atoms with E-state index in [0.29, 0.717) is 0 Å². The van der Waals surface area contributed by atoms with Crippen LogP contribution in [0.2, 0.25) is 0 Å². The van der Waals surface area contributed by atoms with Gasteiger partial charge in [0.15, 0.2) is 0 Å². The van der Waals surface area contributed by atoms with Crippen LogP contribution in [-0.2, 0) is 5.41 Å². The zero-order valence-corrected chi connectivity index (χ0v) is 27.5. The molecule has 0 aliphatic heterocycles. The minimum Gasteiger partial charge on any atom is -0.256 e. The Morgan fingerprint density at radius 1 is 0.388 bits per heavy atom. The third kappa shape index (κ3) is 4.03. The van der Waals surface area contributed by atoms with Crippen molar-refractivity contribution >= 4 is 43.1 Å². The molecular formula is C48H33N. The van der Waals surface area contributed by atoms with Gasteiger partial charge in [0.1, 0.15) is 0 Å². The normalized spacial score (nSPS) is 13.3. The van der Waals surface area contributed by atoms with Crippen molar-refractivity contribution in [2.75, 3.05) is 0 Å². The van der Waals surface area contributed by atoms with Crippen LogP contribution in [-0.4, -0.2) is 4.98 Å². The van der Waals surface area contributed by atoms with E-state index in [1.807, 2.05) is 6.20 Å². The quantitative estimate of drug-likeness (QED) is 0.178. The first kappa shape index (κ1) is 28.0. The third-order valence-electron chi connectivity index (χ3n) is 10.9. The summed E-state index contributed by atoms with van der Waals surface area (Å²) >= 11 is 0. The summed E-state index contributed by atoms with van der Waals surface area (Å²) in [5, 5.41) is 9.78. The Hall–Kier alpha value is -6.05. The van der Waals surface area contributed by atoms with Crippen LogP contribution in [0.25, 0.3) is 87.7 Å². The zero-order chi connectivity index (χ0) is 32.7. The molecule has 1 aromatic heterocycles. The standard InChI is InChI=1S/C48H33N/c1-48(2)42-23-10-9-20-39(42)45-40(22-12-24-43(45)48)44-36-18-7-8-19-37(36)46(47-35-17-6-4-14-31(35)27-28-49-47)38-26-25-32(29-41(38)44)34-21-11-15-30-13-3-5-16-33(30)34/h3-29H,1-2H3. The minimum atomic E-state index is -0.0888. The van der Waals surface area contributed by atoms with E-state index >= 15 is 0 Å². The minimum absolute atomic E-state index is 0.0888. The lowest BCUT2D eigenvalue weighted by molar-refractivity contribution is 0.660. The van der Waals surface area contributed by atoms with Crippen molar-refractivity contribution in [3.05, 3.63) is 175 Å². The molecule has 10 rings (SSSR count). The number of hydrogen-bond acceptors (Lipinski definition) is 1. The van der Waals surface area contributed by atoms with E-state index < -0.39 is 0 Å². The molecule has 230 valence electrons. The van der Waals surface area contributed by atoms with Crippen LogP contribution in [0.4, 0.5) is 0 Å². The van der Waals surface area contributed by atoms with E-state index in [1.165, 1.54) is 93.2 Å². The molecule has 0 saturated heterocycles. The molecule has 1 heteroatoms. The summed E-state index contributed by atoms with van der Waals surface area (Å²) < 4.78 is 0. The average molecular weight is 624 g/mol. The molecule has 8 aromatic carbocycles. The van der Waals surface area contributed by atoms with Crippen LogP contribution in [0.1, 0.15) is 25.0 Å². The van der Waals surface area contributed by atoms with Gasteiger partial charge in [-0.1, -0.05) is 159 Å². The molecule has 0 unspecified atom stereocenters. The van der Waals surface area contributed by atoms with Crippen LogP contribution in [0.3, 0.4) is 0 Å². The van der Waals surface area contributed by atoms with Gasteiger partial charge in [-0.2, -0.15) is 0 Å². The van der Waals surface area contributed by atoms with Gasteiger partial charge in [-0.05, 0) is 94.3 Å². The van der Waals surface area contributed by atoms with Crippen LogP contribution in [0.5, 0.6) is 0 Å². The molecule has 0 radical (unpaired) electrons. The number of hydrogen-bond donors (Lipinski definition) is 0. The van der Waals surface area contributed by atoms with E-state index in [4.69, 9.17) is 4.98 Å². The highest BCUT2D eigenvalue weighted by Gasteiger charge is 2.37. The monoisotopic (exact) mass is 623 g/mol. The number of pyridine rings is 1. The first-order valence-corrected chi connectivity index (χ1v) is 17.1. The molecule has 0 N–H and O–H groups in total. The molecule has 1 aliphatic rings. The Bertz CT molecular complexity index is 2790. The number of nitrogens with zero attached hydrogens (tertiary/aromatic N) is 1. The first-order chi connectivity index (χ1) is 24.1. The summed E-state index contributed by atoms with van der Waals surface area (Å²) in [4.78, 5) is 5.11. The Morgan fingerprint density at radius 3 is 1.80 bits per heavy atom. The van der Waals surface area contributed by atoms with Crippen molar-refractivity contribution in [1.29, 1.82) is 0 Å². The molecule has 0 fully saturated rings. The molecule has 0 saturated carbocycles. The maximum absolute atomic E-state index is 5.11. The zero-order valence-electron chi connectivity index (χ0n) is 27.5. The fraction of sp³-hybridized carbons (Fsp3) is 0.0625. The smallest absolute Gasteiger partial charge is 0.0792 e. The van der Waals surface area contributed by atoms with Crippen molar-refractivity contribution in [1.82, 2.24) is 4.98 Å². The average Bonchev–Trinajstić information content (AvgIpc) is 3.39. The fourth-order valence-electron chi connectivity index (χ4n) is 8.65. The summed E-state index contributed by atoms with van der Waals surface area (Å²) in [6.45, 7) is 4.73. The van der Waals surface area contributed by atoms with E-state index in [2.05, 4.69) is 172 Å². The van der Waals surface area contributed by atoms with E-state index in [9.17, 15) is 0 Å². The number of aromatic nitrogens is 1. The summed E-state index contributed by atoms with van der Waals surface area (Å²) in [5.41, 5.74) is 12.6. The predicted molar refractivity (Wildman–Crippen MR) is 208 cm³/mol. The highest BCUT2D eigenvalue weighted by molar-refractivity contribution is 6.24. The molecule has 1 heterocycles. The maximum atomic E-state index is 5.11. The molecule has 1 nitrogen and oxygen atoms in total. The van der Waals surface area contributed by atoms with Crippen molar-refractivity contribution in [2.24, 2.45) is 0 Å². The Balaban J connectivity index is 1.39. The lowest BCUT2D eigenvalue weighted by atomic mass is 9.80. The molecule has 9 aromatic rings. The largest absolute Gasteiger partial charge is 0.256 e. The highest BCUT2D eigenvalue weighted by atomic mass is 14.7. The third-order valence-corrected chi connectivity index (χ3v) is 10.9. The summed E-state index contributed by atoms with van der Waals surface area (Å²) in [6.07, 6.45) is 1.96. The van der Waals surface area contributed by atoms with Gasteiger partial charge in [-0.25, -0.2) is 0 Å². The van der Waals surface area contributed by atoms with Crippen LogP contribution in [0.15, 0.2) is 164 Å². The second-order valence-corrected chi connectivity index (χ2v) is 13.9. The highest BCUT2D eigenvalue weighted by Crippen LogP contribution is 2.55. The molecule has 0 atom stereocenters. The lowest BCUT2D eigenvalue weighted by Gasteiger charge is -2.23. The van der Waals surface area contributed by atoms with Gasteiger partial charge >= 0.3 is 0 Å². The van der Waals surface area contributed by atoms with Gasteiger partial charge < -0.3 is 0 Å². The Kier molecular flexibility index (Phi) is 5.99. The number of fused-ring (bicyclic) bond motifs is 7. The van der Waals surface area contributed by atoms with Gasteiger partial charge in [-0.15, -0.1) is 0 Å². The van der Waals surface area contributed by atoms with Gasteiger partial charge in [0.25, 0.3) is 0 Å². The van der Waals surface area contributed by atoms with E-state index in [0.717, 1.165) is 5.69 Å². The Morgan fingerprint density at radius 2 is 0.959 bits per heavy atom. The molecule has 0 amide bonds. The van der Waals surface area contributed by atoms with Gasteiger partial charge in [-0.3, -0.25) is 4.98 Å². The van der Waals surface area contributed by atoms with Crippen LogP contribution < -0.4 is 0 Å². The predicted octanol–water partition coefficient (Wildman–Crippen LogP) is 13.0. The first-order valence-electron chi connectivity index (χ1n) is 17.1. The number of rotatable bonds is 3. The van der Waals surface area contributed by atoms with Crippen LogP contribution >= 0.6 is 0 Å². The molecule has 0 bridgehead atoms. The summed E-state index contributed by atoms with van der Waals surface area (Å²) in [5.74, 6) is 0. The maximum Gasteiger partial charge on any atom is 0.0792 e. The van der Waals surface area contributed by atoms with Crippen molar-refractivity contribution in [3.63, 3.8) is 0 Å². The summed E-state index contributed by atoms with van der Waals surface area (Å²) in [6, 6.07) is 58.1. The number of benzene rings is 8. The second-order valence-electron chi connectivity index (χ2n) is 13.9. The SMILES string of the molecule is CC1(C)c2ccccc2-c2c(-c3c4ccccc4c(-c4nccc5ccccc45)c4ccc(-c5cccc6ccccc56)cc34)cccc21. The second kappa shape index (κ2) is 10.5. The fourth-order valence-corrected chi connectivity index (χ4v) is 8.65. The van der Waals surface area contributed by atoms with Crippen molar-refractivity contribution < 1.29 is 0 Å². The molecule has 49 heavy (non-hydrogen) atoms. The topological polar surface area (TPSA) is 12.9 Å². The lowest BCUT2D eigenvalue weighted by Crippen LogP contribution is -2.14. The van der Waals surface area contributed by atoms with Gasteiger partial charge in [0, 0.05) is 22.6 Å². The van der Waals surface area contributed by atoms with Crippen molar-refractivity contribution in [2.45, 2.75) is 19.3 Å². The van der Waals surface area contributed by atoms with Gasteiger partial charge in [0.05, 0.1) is 5.69 Å². The Labute approximate surface area is 286 Å². The van der Waals surface area contributed by atoms with Crippen molar-refractivity contribution in [3.8, 4) is 44.6 Å².